The minimum Gasteiger partial charge on any atom is -0.507 e. The number of benzene rings is 4. The topological polar surface area (TPSA) is 101 Å². The molecule has 0 saturated carbocycles. The number of aromatic amines is 1. The van der Waals surface area contributed by atoms with E-state index in [-0.39, 0.29) is 18.1 Å². The van der Waals surface area contributed by atoms with Gasteiger partial charge in [-0.2, -0.15) is 5.21 Å². The molecule has 7 heteroatoms. The fraction of sp³-hybridized carbons (Fsp3) is 0.0370. The number of ketones is 1. The van der Waals surface area contributed by atoms with Gasteiger partial charge in [0.1, 0.15) is 18.1 Å². The van der Waals surface area contributed by atoms with Crippen molar-refractivity contribution in [2.24, 2.45) is 0 Å². The Bertz CT molecular complexity index is 1420. The molecule has 1 radical (unpaired) electrons. The predicted molar refractivity (Wildman–Crippen MR) is 126 cm³/mol. The van der Waals surface area contributed by atoms with Gasteiger partial charge in [-0.05, 0) is 34.5 Å². The molecule has 4 aromatic carbocycles. The van der Waals surface area contributed by atoms with Gasteiger partial charge >= 0.3 is 0 Å². The number of hydrogen-bond donors (Lipinski definition) is 2. The van der Waals surface area contributed by atoms with Crippen molar-refractivity contribution >= 4 is 5.78 Å². The molecule has 0 bridgehead atoms. The molecule has 7 nitrogen and oxygen atoms in total. The first-order chi connectivity index (χ1) is 16.7. The molecular formula is C27H19N4O3. The summed E-state index contributed by atoms with van der Waals surface area (Å²) in [4.78, 5) is 13.0. The molecule has 0 atom stereocenters. The number of carbonyl (C=O) groups excluding carboxylic acids is 1. The number of hydrogen-bond acceptors (Lipinski definition) is 6. The molecular weight excluding hydrogens is 428 g/mol. The average Bonchev–Trinajstić information content (AvgIpc) is 3.43. The van der Waals surface area contributed by atoms with Crippen LogP contribution in [0.5, 0.6) is 11.5 Å². The molecule has 0 unspecified atom stereocenters. The summed E-state index contributed by atoms with van der Waals surface area (Å²) in [5.41, 5.74) is 4.14. The van der Waals surface area contributed by atoms with Crippen LogP contribution in [0.25, 0.3) is 22.5 Å². The molecule has 0 aliphatic rings. The van der Waals surface area contributed by atoms with Crippen LogP contribution >= 0.6 is 0 Å². The van der Waals surface area contributed by atoms with Crippen LogP contribution in [0.1, 0.15) is 21.5 Å². The zero-order valence-corrected chi connectivity index (χ0v) is 18.0. The third-order valence-electron chi connectivity index (χ3n) is 5.34. The van der Waals surface area contributed by atoms with E-state index >= 15 is 0 Å². The Labute approximate surface area is 195 Å². The molecule has 165 valence electrons. The van der Waals surface area contributed by atoms with E-state index < -0.39 is 0 Å². The number of ether oxygens (including phenoxy) is 1. The van der Waals surface area contributed by atoms with Crippen molar-refractivity contribution < 1.29 is 14.6 Å². The molecule has 34 heavy (non-hydrogen) atoms. The maximum Gasteiger partial charge on any atom is 0.204 e. The van der Waals surface area contributed by atoms with Crippen LogP contribution in [0.3, 0.4) is 0 Å². The number of phenols is 1. The molecule has 0 saturated heterocycles. The Morgan fingerprint density at radius 2 is 1.71 bits per heavy atom. The number of nitrogens with one attached hydrogen (secondary N) is 1. The Hall–Kier alpha value is -4.78. The summed E-state index contributed by atoms with van der Waals surface area (Å²) in [5.74, 6) is 0.919. The van der Waals surface area contributed by atoms with Gasteiger partial charge in [-0.25, -0.2) is 0 Å². The van der Waals surface area contributed by atoms with Crippen molar-refractivity contribution in [3.8, 4) is 34.0 Å². The normalized spacial score (nSPS) is 10.7. The fourth-order valence-electron chi connectivity index (χ4n) is 3.64. The van der Waals surface area contributed by atoms with Crippen molar-refractivity contribution in [3.63, 3.8) is 0 Å². The monoisotopic (exact) mass is 447 g/mol. The van der Waals surface area contributed by atoms with Crippen molar-refractivity contribution in [2.45, 2.75) is 6.61 Å². The standard InChI is InChI=1S/C27H19N4O3/c32-23-10-5-11-24(25(23)19-6-2-1-3-7-19)34-17-18-12-14-20(15-13-18)26(33)21-8-4-9-22(16-21)27-28-30-31-29-27/h1-9,11-16,32H,17H2,(H,28,29,30,31). The summed E-state index contributed by atoms with van der Waals surface area (Å²) in [5, 5.41) is 24.2. The first kappa shape index (κ1) is 21.1. The summed E-state index contributed by atoms with van der Waals surface area (Å²) >= 11 is 0. The van der Waals surface area contributed by atoms with Crippen molar-refractivity contribution in [1.29, 1.82) is 0 Å². The van der Waals surface area contributed by atoms with Crippen molar-refractivity contribution in [3.05, 3.63) is 114 Å². The zero-order chi connectivity index (χ0) is 23.3. The zero-order valence-electron chi connectivity index (χ0n) is 18.0. The van der Waals surface area contributed by atoms with E-state index in [0.717, 1.165) is 11.1 Å². The van der Waals surface area contributed by atoms with Gasteiger partial charge in [0.2, 0.25) is 5.82 Å². The first-order valence-corrected chi connectivity index (χ1v) is 10.6. The van der Waals surface area contributed by atoms with Crippen LogP contribution < -0.4 is 4.74 Å². The summed E-state index contributed by atoms with van der Waals surface area (Å²) in [6.07, 6.45) is 0. The van der Waals surface area contributed by atoms with E-state index in [9.17, 15) is 9.90 Å². The number of aromatic hydroxyl groups is 1. The van der Waals surface area contributed by atoms with Crippen LogP contribution in [-0.2, 0) is 6.61 Å². The molecule has 5 aromatic rings. The molecule has 5 rings (SSSR count). The predicted octanol–water partition coefficient (Wildman–Crippen LogP) is 4.85. The molecule has 0 aliphatic carbocycles. The molecule has 0 amide bonds. The number of aromatic nitrogens is 4. The van der Waals surface area contributed by atoms with E-state index in [2.05, 4.69) is 26.7 Å². The Kier molecular flexibility index (Phi) is 5.82. The van der Waals surface area contributed by atoms with Crippen molar-refractivity contribution in [2.75, 3.05) is 0 Å². The second-order valence-corrected chi connectivity index (χ2v) is 7.56. The van der Waals surface area contributed by atoms with E-state index in [1.807, 2.05) is 48.5 Å². The third-order valence-corrected chi connectivity index (χ3v) is 5.34. The fourth-order valence-corrected chi connectivity index (χ4v) is 3.64. The quantitative estimate of drug-likeness (QED) is 0.346. The molecule has 0 aliphatic heterocycles. The lowest BCUT2D eigenvalue weighted by Crippen LogP contribution is -2.03. The largest absolute Gasteiger partial charge is 0.507 e. The Morgan fingerprint density at radius 1 is 0.912 bits per heavy atom. The van der Waals surface area contributed by atoms with Gasteiger partial charge in [0.25, 0.3) is 0 Å². The SMILES string of the molecule is O=C(c1ccc(COc2cc[c]c(O)c2-c2ccccc2)cc1)c1cccc(-c2nn[nH]n2)c1. The van der Waals surface area contributed by atoms with Gasteiger partial charge in [0.05, 0.1) is 5.56 Å². The number of rotatable bonds is 7. The second-order valence-electron chi connectivity index (χ2n) is 7.56. The highest BCUT2D eigenvalue weighted by molar-refractivity contribution is 6.09. The van der Waals surface area contributed by atoms with Gasteiger partial charge in [-0.3, -0.25) is 4.79 Å². The van der Waals surface area contributed by atoms with Crippen molar-refractivity contribution in [1.82, 2.24) is 20.6 Å². The Balaban J connectivity index is 1.31. The van der Waals surface area contributed by atoms with Gasteiger partial charge in [-0.15, -0.1) is 10.2 Å². The summed E-state index contributed by atoms with van der Waals surface area (Å²) in [7, 11) is 0. The molecule has 0 spiro atoms. The van der Waals surface area contributed by atoms with Gasteiger partial charge < -0.3 is 9.84 Å². The number of tetrazole rings is 1. The summed E-state index contributed by atoms with van der Waals surface area (Å²) in [6, 6.07) is 30.1. The highest BCUT2D eigenvalue weighted by Gasteiger charge is 2.14. The third kappa shape index (κ3) is 4.40. The van der Waals surface area contributed by atoms with E-state index in [1.165, 1.54) is 0 Å². The number of carbonyl (C=O) groups is 1. The molecule has 0 fully saturated rings. The van der Waals surface area contributed by atoms with Crippen LogP contribution in [0.2, 0.25) is 0 Å². The minimum atomic E-state index is -0.104. The van der Waals surface area contributed by atoms with E-state index in [0.29, 0.717) is 33.8 Å². The van der Waals surface area contributed by atoms with Crippen LogP contribution in [0.15, 0.2) is 91.0 Å². The van der Waals surface area contributed by atoms with Crippen LogP contribution in [0.4, 0.5) is 0 Å². The van der Waals surface area contributed by atoms with E-state index in [1.54, 1.807) is 42.5 Å². The molecule has 1 heterocycles. The maximum absolute atomic E-state index is 13.0. The number of phenolic OH excluding ortho intramolecular Hbond substituents is 1. The lowest BCUT2D eigenvalue weighted by molar-refractivity contribution is 0.103. The lowest BCUT2D eigenvalue weighted by Gasteiger charge is -2.13. The van der Waals surface area contributed by atoms with E-state index in [4.69, 9.17) is 4.74 Å². The summed E-state index contributed by atoms with van der Waals surface area (Å²) < 4.78 is 6.01. The number of nitrogens with zero attached hydrogens (tertiary/aromatic N) is 3. The highest BCUT2D eigenvalue weighted by atomic mass is 16.5. The second kappa shape index (κ2) is 9.38. The smallest absolute Gasteiger partial charge is 0.204 e. The maximum atomic E-state index is 13.0. The first-order valence-electron chi connectivity index (χ1n) is 10.6. The van der Waals surface area contributed by atoms with Crippen LogP contribution in [0, 0.1) is 6.07 Å². The number of H-pyrrole nitrogens is 1. The minimum absolute atomic E-state index is 0.0349. The Morgan fingerprint density at radius 3 is 2.47 bits per heavy atom. The lowest BCUT2D eigenvalue weighted by atomic mass is 10.00. The molecule has 2 N–H and O–H groups in total. The summed E-state index contributed by atoms with van der Waals surface area (Å²) in [6.45, 7) is 0.283. The van der Waals surface area contributed by atoms with Gasteiger partial charge in [-0.1, -0.05) is 72.8 Å². The van der Waals surface area contributed by atoms with Crippen LogP contribution in [-0.4, -0.2) is 31.5 Å². The van der Waals surface area contributed by atoms with Gasteiger partial charge in [0, 0.05) is 22.8 Å². The highest BCUT2D eigenvalue weighted by Crippen LogP contribution is 2.37. The van der Waals surface area contributed by atoms with Gasteiger partial charge in [0.15, 0.2) is 5.78 Å². The molecule has 1 aromatic heterocycles. The average molecular weight is 447 g/mol.